The lowest BCUT2D eigenvalue weighted by molar-refractivity contribution is 0.483. The monoisotopic (exact) mass is 290 g/mol. The third kappa shape index (κ3) is 2.13. The van der Waals surface area contributed by atoms with Gasteiger partial charge in [-0.15, -0.1) is 0 Å². The molecule has 0 atom stereocenters. The molecule has 0 fully saturated rings. The quantitative estimate of drug-likeness (QED) is 0.554. The normalized spacial score (nSPS) is 11.8. The molecule has 1 aromatic heterocycles. The summed E-state index contributed by atoms with van der Waals surface area (Å²) in [5.74, 6) is 0.203. The number of para-hydroxylation sites is 2. The summed E-state index contributed by atoms with van der Waals surface area (Å²) >= 11 is 0. The Bertz CT molecular complexity index is 867. The van der Waals surface area contributed by atoms with Gasteiger partial charge in [-0.05, 0) is 30.3 Å². The Morgan fingerprint density at radius 1 is 1.15 bits per heavy atom. The highest BCUT2D eigenvalue weighted by atomic mass is 32.2. The number of nitrogens with zero attached hydrogens (tertiary/aromatic N) is 1. The predicted molar refractivity (Wildman–Crippen MR) is 73.7 cm³/mol. The molecule has 0 radical (unpaired) electrons. The Labute approximate surface area is 114 Å². The van der Waals surface area contributed by atoms with Crippen LogP contribution in [0.1, 0.15) is 0 Å². The molecule has 3 rings (SSSR count). The van der Waals surface area contributed by atoms with E-state index in [0.717, 1.165) is 0 Å². The smallest absolute Gasteiger partial charge is 0.294 e. The van der Waals surface area contributed by atoms with Crippen LogP contribution in [0.3, 0.4) is 0 Å². The topological polar surface area (TPSA) is 106 Å². The third-order valence-electron chi connectivity index (χ3n) is 2.85. The summed E-state index contributed by atoms with van der Waals surface area (Å²) in [6.45, 7) is 0. The van der Waals surface area contributed by atoms with E-state index in [1.807, 2.05) is 6.07 Å². The molecule has 1 heterocycles. The van der Waals surface area contributed by atoms with Gasteiger partial charge in [0.1, 0.15) is 5.52 Å². The molecule has 3 aromatic rings. The zero-order valence-corrected chi connectivity index (χ0v) is 11.0. The van der Waals surface area contributed by atoms with E-state index in [-0.39, 0.29) is 10.8 Å². The highest BCUT2D eigenvalue weighted by Crippen LogP contribution is 2.30. The van der Waals surface area contributed by atoms with Crippen LogP contribution >= 0.6 is 0 Å². The average molecular weight is 290 g/mol. The SMILES string of the molecule is Nc1ccc(S(=O)(=O)O)cc1-c1nc2ccccc2o1. The van der Waals surface area contributed by atoms with Gasteiger partial charge in [-0.3, -0.25) is 4.55 Å². The molecule has 3 N–H and O–H groups in total. The van der Waals surface area contributed by atoms with Gasteiger partial charge in [0.15, 0.2) is 5.58 Å². The summed E-state index contributed by atoms with van der Waals surface area (Å²) in [4.78, 5) is 3.98. The molecule has 0 saturated heterocycles. The van der Waals surface area contributed by atoms with Crippen molar-refractivity contribution in [3.8, 4) is 11.5 Å². The molecule has 102 valence electrons. The van der Waals surface area contributed by atoms with Gasteiger partial charge in [-0.25, -0.2) is 4.98 Å². The number of benzene rings is 2. The van der Waals surface area contributed by atoms with E-state index in [4.69, 9.17) is 14.7 Å². The zero-order valence-electron chi connectivity index (χ0n) is 10.1. The minimum absolute atomic E-state index is 0.203. The number of anilines is 1. The number of fused-ring (bicyclic) bond motifs is 1. The number of hydrogen-bond acceptors (Lipinski definition) is 5. The van der Waals surface area contributed by atoms with Crippen molar-refractivity contribution in [1.82, 2.24) is 4.98 Å². The summed E-state index contributed by atoms with van der Waals surface area (Å²) in [7, 11) is -4.31. The fourth-order valence-corrected chi connectivity index (χ4v) is 2.38. The molecule has 0 aliphatic heterocycles. The van der Waals surface area contributed by atoms with Crippen molar-refractivity contribution in [1.29, 1.82) is 0 Å². The third-order valence-corrected chi connectivity index (χ3v) is 3.70. The average Bonchev–Trinajstić information content (AvgIpc) is 2.81. The number of hydrogen-bond donors (Lipinski definition) is 2. The van der Waals surface area contributed by atoms with Gasteiger partial charge < -0.3 is 10.2 Å². The van der Waals surface area contributed by atoms with E-state index in [2.05, 4.69) is 4.98 Å². The number of rotatable bonds is 2. The maximum atomic E-state index is 11.2. The second-order valence-corrected chi connectivity index (χ2v) is 5.63. The fourth-order valence-electron chi connectivity index (χ4n) is 1.87. The highest BCUT2D eigenvalue weighted by Gasteiger charge is 2.16. The summed E-state index contributed by atoms with van der Waals surface area (Å²) in [5.41, 5.74) is 7.64. The summed E-state index contributed by atoms with van der Waals surface area (Å²) < 4.78 is 36.9. The fraction of sp³-hybridized carbons (Fsp3) is 0. The van der Waals surface area contributed by atoms with Crippen LogP contribution in [0.2, 0.25) is 0 Å². The highest BCUT2D eigenvalue weighted by molar-refractivity contribution is 7.85. The van der Waals surface area contributed by atoms with Gasteiger partial charge in [-0.2, -0.15) is 8.42 Å². The van der Waals surface area contributed by atoms with Crippen molar-refractivity contribution in [2.24, 2.45) is 0 Å². The first-order valence-electron chi connectivity index (χ1n) is 5.68. The van der Waals surface area contributed by atoms with Crippen LogP contribution in [-0.4, -0.2) is 18.0 Å². The Balaban J connectivity index is 2.23. The van der Waals surface area contributed by atoms with E-state index >= 15 is 0 Å². The van der Waals surface area contributed by atoms with Gasteiger partial charge in [0.05, 0.1) is 10.5 Å². The maximum absolute atomic E-state index is 11.2. The molecule has 20 heavy (non-hydrogen) atoms. The molecule has 0 amide bonds. The summed E-state index contributed by atoms with van der Waals surface area (Å²) in [5, 5.41) is 0. The molecule has 0 aliphatic carbocycles. The lowest BCUT2D eigenvalue weighted by Crippen LogP contribution is -2.00. The minimum atomic E-state index is -4.31. The standard InChI is InChI=1S/C13H10N2O4S/c14-10-6-5-8(20(16,17)18)7-9(10)13-15-11-3-1-2-4-12(11)19-13/h1-7H,14H2,(H,16,17,18). The van der Waals surface area contributed by atoms with Crippen molar-refractivity contribution < 1.29 is 17.4 Å². The second-order valence-electron chi connectivity index (χ2n) is 4.21. The van der Waals surface area contributed by atoms with Crippen molar-refractivity contribution in [3.05, 3.63) is 42.5 Å². The van der Waals surface area contributed by atoms with Crippen LogP contribution in [0.25, 0.3) is 22.6 Å². The van der Waals surface area contributed by atoms with Crippen LogP contribution < -0.4 is 5.73 Å². The van der Waals surface area contributed by atoms with Crippen LogP contribution in [0.5, 0.6) is 0 Å². The van der Waals surface area contributed by atoms with E-state index in [1.54, 1.807) is 18.2 Å². The van der Waals surface area contributed by atoms with Crippen molar-refractivity contribution in [2.75, 3.05) is 5.73 Å². The first-order valence-corrected chi connectivity index (χ1v) is 7.12. The van der Waals surface area contributed by atoms with Crippen molar-refractivity contribution in [2.45, 2.75) is 4.90 Å². The number of nitrogens with two attached hydrogens (primary N) is 1. The van der Waals surface area contributed by atoms with Gasteiger partial charge in [0.25, 0.3) is 10.1 Å². The molecule has 0 aliphatic rings. The number of aromatic nitrogens is 1. The first-order chi connectivity index (χ1) is 9.45. The molecule has 2 aromatic carbocycles. The Kier molecular flexibility index (Phi) is 2.73. The second kappa shape index (κ2) is 4.32. The largest absolute Gasteiger partial charge is 0.436 e. The Hall–Kier alpha value is -2.38. The van der Waals surface area contributed by atoms with Crippen LogP contribution in [0, 0.1) is 0 Å². The summed E-state index contributed by atoms with van der Waals surface area (Å²) in [6, 6.07) is 11.0. The molecule has 7 heteroatoms. The van der Waals surface area contributed by atoms with E-state index in [0.29, 0.717) is 22.4 Å². The van der Waals surface area contributed by atoms with Crippen molar-refractivity contribution in [3.63, 3.8) is 0 Å². The van der Waals surface area contributed by atoms with E-state index in [9.17, 15) is 8.42 Å². The van der Waals surface area contributed by atoms with Gasteiger partial charge in [0.2, 0.25) is 5.89 Å². The van der Waals surface area contributed by atoms with Crippen LogP contribution in [0.15, 0.2) is 51.8 Å². The number of oxazole rings is 1. The molecule has 0 spiro atoms. The van der Waals surface area contributed by atoms with Crippen LogP contribution in [0.4, 0.5) is 5.69 Å². The lowest BCUT2D eigenvalue weighted by atomic mass is 10.2. The molecule has 0 bridgehead atoms. The molecule has 0 unspecified atom stereocenters. The minimum Gasteiger partial charge on any atom is -0.436 e. The molecule has 0 saturated carbocycles. The van der Waals surface area contributed by atoms with Gasteiger partial charge in [0, 0.05) is 5.69 Å². The van der Waals surface area contributed by atoms with Crippen LogP contribution in [-0.2, 0) is 10.1 Å². The van der Waals surface area contributed by atoms with E-state index < -0.39 is 10.1 Å². The van der Waals surface area contributed by atoms with Gasteiger partial charge >= 0.3 is 0 Å². The van der Waals surface area contributed by atoms with Crippen molar-refractivity contribution >= 4 is 26.9 Å². The molecular weight excluding hydrogens is 280 g/mol. The Morgan fingerprint density at radius 2 is 1.90 bits per heavy atom. The lowest BCUT2D eigenvalue weighted by Gasteiger charge is -2.03. The number of nitrogen functional groups attached to an aromatic ring is 1. The predicted octanol–water partition coefficient (Wildman–Crippen LogP) is 2.32. The Morgan fingerprint density at radius 3 is 2.60 bits per heavy atom. The summed E-state index contributed by atoms with van der Waals surface area (Å²) in [6.07, 6.45) is 0. The molecule has 6 nitrogen and oxygen atoms in total. The first kappa shape index (κ1) is 12.6. The van der Waals surface area contributed by atoms with Gasteiger partial charge in [-0.1, -0.05) is 12.1 Å². The zero-order chi connectivity index (χ0) is 14.3. The molecular formula is C13H10N2O4S. The maximum Gasteiger partial charge on any atom is 0.294 e. The van der Waals surface area contributed by atoms with E-state index in [1.165, 1.54) is 18.2 Å².